The molecule has 0 unspecified atom stereocenters. The topological polar surface area (TPSA) is 96.7 Å². The first-order valence-corrected chi connectivity index (χ1v) is 7.88. The van der Waals surface area contributed by atoms with Crippen molar-refractivity contribution in [1.82, 2.24) is 9.78 Å². The normalized spacial score (nSPS) is 10.6. The van der Waals surface area contributed by atoms with Gasteiger partial charge >= 0.3 is 0 Å². The summed E-state index contributed by atoms with van der Waals surface area (Å²) in [6, 6.07) is 7.64. The standard InChI is InChI=1S/C18H10F5N5O/c19-13-11(14(20)16(22)17(23)15(13)21)5-12(29)27-9-1-3-10(4-2-9)28-18(25)8(6-24)7-26-28/h1-4,7H,5,25H2,(H,27,29). The summed E-state index contributed by atoms with van der Waals surface area (Å²) < 4.78 is 68.1. The van der Waals surface area contributed by atoms with Crippen molar-refractivity contribution in [3.63, 3.8) is 0 Å². The molecule has 0 fully saturated rings. The van der Waals surface area contributed by atoms with Gasteiger partial charge < -0.3 is 11.1 Å². The van der Waals surface area contributed by atoms with E-state index in [0.717, 1.165) is 0 Å². The van der Waals surface area contributed by atoms with Crippen LogP contribution in [0, 0.1) is 40.4 Å². The number of nitrogens with zero attached hydrogens (tertiary/aromatic N) is 3. The second-order valence-electron chi connectivity index (χ2n) is 5.79. The van der Waals surface area contributed by atoms with Gasteiger partial charge in [-0.15, -0.1) is 0 Å². The van der Waals surface area contributed by atoms with Crippen molar-refractivity contribution in [1.29, 1.82) is 5.26 Å². The lowest BCUT2D eigenvalue weighted by atomic mass is 10.1. The van der Waals surface area contributed by atoms with Gasteiger partial charge in [0.15, 0.2) is 23.3 Å². The number of halogens is 5. The fourth-order valence-corrected chi connectivity index (χ4v) is 2.51. The van der Waals surface area contributed by atoms with Crippen LogP contribution in [-0.2, 0) is 11.2 Å². The van der Waals surface area contributed by atoms with Crippen LogP contribution in [0.25, 0.3) is 5.69 Å². The van der Waals surface area contributed by atoms with Gasteiger partial charge in [0.25, 0.3) is 0 Å². The fourth-order valence-electron chi connectivity index (χ4n) is 2.51. The van der Waals surface area contributed by atoms with Crippen LogP contribution in [0.1, 0.15) is 11.1 Å². The summed E-state index contributed by atoms with van der Waals surface area (Å²) in [6.45, 7) is 0. The van der Waals surface area contributed by atoms with Gasteiger partial charge in [0.05, 0.1) is 18.3 Å². The van der Waals surface area contributed by atoms with E-state index >= 15 is 0 Å². The van der Waals surface area contributed by atoms with Crippen LogP contribution >= 0.6 is 0 Å². The number of nitriles is 1. The van der Waals surface area contributed by atoms with Gasteiger partial charge in [-0.2, -0.15) is 10.4 Å². The minimum atomic E-state index is -2.29. The lowest BCUT2D eigenvalue weighted by molar-refractivity contribution is -0.115. The van der Waals surface area contributed by atoms with Crippen molar-refractivity contribution in [3.8, 4) is 11.8 Å². The molecule has 0 saturated heterocycles. The van der Waals surface area contributed by atoms with Crippen LogP contribution in [0.4, 0.5) is 33.5 Å². The molecular formula is C18H10F5N5O. The Balaban J connectivity index is 1.77. The molecule has 0 aliphatic heterocycles. The zero-order valence-electron chi connectivity index (χ0n) is 14.3. The zero-order chi connectivity index (χ0) is 21.3. The minimum Gasteiger partial charge on any atom is -0.382 e. The molecule has 0 atom stereocenters. The quantitative estimate of drug-likeness (QED) is 0.394. The summed E-state index contributed by atoms with van der Waals surface area (Å²) in [7, 11) is 0. The van der Waals surface area contributed by atoms with Crippen LogP contribution < -0.4 is 11.1 Å². The van der Waals surface area contributed by atoms with Gasteiger partial charge in [-0.25, -0.2) is 26.6 Å². The van der Waals surface area contributed by atoms with Crippen molar-refractivity contribution in [2.45, 2.75) is 6.42 Å². The first-order chi connectivity index (χ1) is 13.7. The Morgan fingerprint density at radius 2 is 1.59 bits per heavy atom. The van der Waals surface area contributed by atoms with E-state index in [1.807, 2.05) is 6.07 Å². The molecule has 0 bridgehead atoms. The molecule has 0 radical (unpaired) electrons. The van der Waals surface area contributed by atoms with Gasteiger partial charge in [-0.1, -0.05) is 0 Å². The maximum absolute atomic E-state index is 13.7. The molecule has 0 aliphatic rings. The molecule has 0 spiro atoms. The van der Waals surface area contributed by atoms with E-state index < -0.39 is 47.0 Å². The molecule has 0 saturated carbocycles. The van der Waals surface area contributed by atoms with E-state index in [4.69, 9.17) is 11.0 Å². The first-order valence-electron chi connectivity index (χ1n) is 7.88. The summed E-state index contributed by atoms with van der Waals surface area (Å²) in [5.74, 6) is -11.5. The number of amides is 1. The number of rotatable bonds is 4. The maximum atomic E-state index is 13.7. The van der Waals surface area contributed by atoms with Gasteiger partial charge in [0, 0.05) is 11.3 Å². The zero-order valence-corrected chi connectivity index (χ0v) is 14.3. The summed E-state index contributed by atoms with van der Waals surface area (Å²) in [5, 5.41) is 15.1. The monoisotopic (exact) mass is 407 g/mol. The summed E-state index contributed by atoms with van der Waals surface area (Å²) in [5.41, 5.74) is 5.35. The van der Waals surface area contributed by atoms with E-state index in [0.29, 0.717) is 5.69 Å². The highest BCUT2D eigenvalue weighted by Gasteiger charge is 2.26. The van der Waals surface area contributed by atoms with Gasteiger partial charge in [0.1, 0.15) is 17.5 Å². The number of nitrogens with two attached hydrogens (primary N) is 1. The number of benzene rings is 2. The highest BCUT2D eigenvalue weighted by molar-refractivity contribution is 5.92. The molecule has 3 N–H and O–H groups in total. The number of hydrogen-bond donors (Lipinski definition) is 2. The van der Waals surface area contributed by atoms with E-state index in [-0.39, 0.29) is 17.1 Å². The fraction of sp³-hybridized carbons (Fsp3) is 0.0556. The SMILES string of the molecule is N#Cc1cnn(-c2ccc(NC(=O)Cc3c(F)c(F)c(F)c(F)c3F)cc2)c1N. The van der Waals surface area contributed by atoms with Crippen molar-refractivity contribution < 1.29 is 26.7 Å². The highest BCUT2D eigenvalue weighted by atomic mass is 19.2. The number of carbonyl (C=O) groups is 1. The Kier molecular flexibility index (Phi) is 5.18. The van der Waals surface area contributed by atoms with Crippen molar-refractivity contribution in [3.05, 3.63) is 70.7 Å². The average Bonchev–Trinajstić information content (AvgIpc) is 3.09. The van der Waals surface area contributed by atoms with Crippen molar-refractivity contribution in [2.75, 3.05) is 11.1 Å². The predicted molar refractivity (Wildman–Crippen MR) is 91.3 cm³/mol. The van der Waals surface area contributed by atoms with Gasteiger partial charge in [0.2, 0.25) is 11.7 Å². The Morgan fingerprint density at radius 1 is 1.03 bits per heavy atom. The van der Waals surface area contributed by atoms with E-state index in [1.165, 1.54) is 35.1 Å². The summed E-state index contributed by atoms with van der Waals surface area (Å²) >= 11 is 0. The molecule has 29 heavy (non-hydrogen) atoms. The van der Waals surface area contributed by atoms with Crippen LogP contribution in [0.3, 0.4) is 0 Å². The van der Waals surface area contributed by atoms with Gasteiger partial charge in [-0.05, 0) is 24.3 Å². The molecule has 148 valence electrons. The Hall–Kier alpha value is -3.94. The van der Waals surface area contributed by atoms with Gasteiger partial charge in [-0.3, -0.25) is 4.79 Å². The number of carbonyl (C=O) groups excluding carboxylic acids is 1. The second-order valence-corrected chi connectivity index (χ2v) is 5.79. The Labute approximate surface area is 160 Å². The summed E-state index contributed by atoms with van der Waals surface area (Å²) in [4.78, 5) is 12.0. The third-order valence-corrected chi connectivity index (χ3v) is 3.96. The lowest BCUT2D eigenvalue weighted by Crippen LogP contribution is -2.18. The molecule has 1 aromatic heterocycles. The van der Waals surface area contributed by atoms with Crippen LogP contribution in [0.2, 0.25) is 0 Å². The van der Waals surface area contributed by atoms with E-state index in [9.17, 15) is 26.7 Å². The Bertz CT molecular complexity index is 1120. The van der Waals surface area contributed by atoms with Crippen LogP contribution in [-0.4, -0.2) is 15.7 Å². The predicted octanol–water partition coefficient (Wildman–Crippen LogP) is 3.20. The molecular weight excluding hydrogens is 397 g/mol. The smallest absolute Gasteiger partial charge is 0.229 e. The number of aromatic nitrogens is 2. The highest BCUT2D eigenvalue weighted by Crippen LogP contribution is 2.24. The molecule has 1 heterocycles. The number of hydrogen-bond acceptors (Lipinski definition) is 4. The molecule has 1 amide bonds. The largest absolute Gasteiger partial charge is 0.382 e. The molecule has 0 aliphatic carbocycles. The third-order valence-electron chi connectivity index (χ3n) is 3.96. The minimum absolute atomic E-state index is 0.107. The van der Waals surface area contributed by atoms with E-state index in [1.54, 1.807) is 0 Å². The molecule has 3 aromatic rings. The maximum Gasteiger partial charge on any atom is 0.229 e. The number of nitrogen functional groups attached to an aromatic ring is 1. The lowest BCUT2D eigenvalue weighted by Gasteiger charge is -2.10. The number of anilines is 2. The van der Waals surface area contributed by atoms with Crippen molar-refractivity contribution in [2.24, 2.45) is 0 Å². The second kappa shape index (κ2) is 7.59. The summed E-state index contributed by atoms with van der Waals surface area (Å²) in [6.07, 6.45) is 0.209. The number of nitrogens with one attached hydrogen (secondary N) is 1. The average molecular weight is 407 g/mol. The molecule has 6 nitrogen and oxygen atoms in total. The molecule has 11 heteroatoms. The Morgan fingerprint density at radius 3 is 2.10 bits per heavy atom. The van der Waals surface area contributed by atoms with Crippen LogP contribution in [0.15, 0.2) is 30.5 Å². The van der Waals surface area contributed by atoms with E-state index in [2.05, 4.69) is 10.4 Å². The molecule has 3 rings (SSSR count). The third kappa shape index (κ3) is 3.60. The first kappa shape index (κ1) is 19.8. The van der Waals surface area contributed by atoms with Crippen LogP contribution in [0.5, 0.6) is 0 Å². The van der Waals surface area contributed by atoms with Crippen molar-refractivity contribution >= 4 is 17.4 Å². The molecule has 2 aromatic carbocycles.